The Hall–Kier alpha value is -2.61. The molecule has 0 bridgehead atoms. The number of hydrogen-bond acceptors (Lipinski definition) is 5. The minimum absolute atomic E-state index is 0.203. The SMILES string of the molecule is CCN(CC)CCCCN(Cc1ccc2ccccc2c1)S(=O)(=O)c1ccc(OC)c(OC)c1. The van der Waals surface area contributed by atoms with Crippen molar-refractivity contribution in [2.45, 2.75) is 38.1 Å². The van der Waals surface area contributed by atoms with Crippen LogP contribution in [0.1, 0.15) is 32.3 Å². The van der Waals surface area contributed by atoms with E-state index in [0.29, 0.717) is 24.6 Å². The van der Waals surface area contributed by atoms with E-state index in [1.165, 1.54) is 20.3 Å². The lowest BCUT2D eigenvalue weighted by molar-refractivity contribution is 0.289. The van der Waals surface area contributed by atoms with E-state index in [4.69, 9.17) is 9.47 Å². The Kier molecular flexibility index (Phi) is 9.33. The molecular weight excluding hydrogens is 448 g/mol. The van der Waals surface area contributed by atoms with Gasteiger partial charge in [0.15, 0.2) is 11.5 Å². The first kappa shape index (κ1) is 26.0. The molecule has 3 aromatic rings. The number of ether oxygens (including phenoxy) is 2. The van der Waals surface area contributed by atoms with Crippen LogP contribution < -0.4 is 9.47 Å². The van der Waals surface area contributed by atoms with Crippen molar-refractivity contribution >= 4 is 20.8 Å². The zero-order valence-corrected chi connectivity index (χ0v) is 21.5. The van der Waals surface area contributed by atoms with Crippen LogP contribution in [-0.4, -0.2) is 58.0 Å². The third-order valence-electron chi connectivity index (χ3n) is 6.19. The monoisotopic (exact) mass is 484 g/mol. The van der Waals surface area contributed by atoms with Gasteiger partial charge in [-0.1, -0.05) is 50.2 Å². The standard InChI is InChI=1S/C27H36N2O4S/c1-5-28(6-2)17-9-10-18-29(21-22-13-14-23-11-7-8-12-24(23)19-22)34(30,31)25-15-16-26(32-3)27(20-25)33-4/h7-8,11-16,19-20H,5-6,9-10,17-18,21H2,1-4H3. The highest BCUT2D eigenvalue weighted by Crippen LogP contribution is 2.31. The first-order chi connectivity index (χ1) is 16.4. The van der Waals surface area contributed by atoms with Gasteiger partial charge >= 0.3 is 0 Å². The summed E-state index contributed by atoms with van der Waals surface area (Å²) >= 11 is 0. The molecule has 34 heavy (non-hydrogen) atoms. The van der Waals surface area contributed by atoms with Crippen molar-refractivity contribution in [3.05, 3.63) is 66.2 Å². The minimum Gasteiger partial charge on any atom is -0.493 e. The normalized spacial score (nSPS) is 11.9. The van der Waals surface area contributed by atoms with E-state index >= 15 is 0 Å². The van der Waals surface area contributed by atoms with Crippen molar-refractivity contribution in [2.75, 3.05) is 40.4 Å². The Morgan fingerprint density at radius 1 is 0.765 bits per heavy atom. The fraction of sp³-hybridized carbons (Fsp3) is 0.407. The summed E-state index contributed by atoms with van der Waals surface area (Å²) in [5.41, 5.74) is 0.964. The second-order valence-corrected chi connectivity index (χ2v) is 10.2. The van der Waals surface area contributed by atoms with Gasteiger partial charge in [-0.05, 0) is 67.0 Å². The van der Waals surface area contributed by atoms with E-state index < -0.39 is 10.0 Å². The van der Waals surface area contributed by atoms with Crippen LogP contribution >= 0.6 is 0 Å². The zero-order chi connectivity index (χ0) is 24.6. The van der Waals surface area contributed by atoms with E-state index in [-0.39, 0.29) is 4.90 Å². The third-order valence-corrected chi connectivity index (χ3v) is 8.03. The van der Waals surface area contributed by atoms with Crippen LogP contribution in [0.5, 0.6) is 11.5 Å². The summed E-state index contributed by atoms with van der Waals surface area (Å²) in [4.78, 5) is 2.56. The van der Waals surface area contributed by atoms with Gasteiger partial charge in [0.25, 0.3) is 0 Å². The average molecular weight is 485 g/mol. The lowest BCUT2D eigenvalue weighted by Crippen LogP contribution is -2.32. The molecule has 0 spiro atoms. The summed E-state index contributed by atoms with van der Waals surface area (Å²) in [6.07, 6.45) is 1.73. The van der Waals surface area contributed by atoms with Gasteiger partial charge in [-0.15, -0.1) is 0 Å². The quantitative estimate of drug-likeness (QED) is 0.313. The number of nitrogens with zero attached hydrogens (tertiary/aromatic N) is 2. The number of unbranched alkanes of at least 4 members (excludes halogenated alkanes) is 1. The molecule has 0 saturated carbocycles. The van der Waals surface area contributed by atoms with Crippen LogP contribution in [0.25, 0.3) is 10.8 Å². The van der Waals surface area contributed by atoms with Crippen molar-refractivity contribution in [1.29, 1.82) is 0 Å². The second kappa shape index (κ2) is 12.2. The fourth-order valence-corrected chi connectivity index (χ4v) is 5.60. The highest BCUT2D eigenvalue weighted by atomic mass is 32.2. The smallest absolute Gasteiger partial charge is 0.243 e. The van der Waals surface area contributed by atoms with Gasteiger partial charge in [-0.3, -0.25) is 0 Å². The van der Waals surface area contributed by atoms with Gasteiger partial charge in [0.1, 0.15) is 0 Å². The molecule has 184 valence electrons. The molecule has 0 aliphatic carbocycles. The summed E-state index contributed by atoms with van der Waals surface area (Å²) in [6.45, 7) is 8.03. The van der Waals surface area contributed by atoms with Gasteiger partial charge in [0.2, 0.25) is 10.0 Å². The Morgan fingerprint density at radius 3 is 2.12 bits per heavy atom. The molecule has 0 aromatic heterocycles. The fourth-order valence-electron chi connectivity index (χ4n) is 4.11. The van der Waals surface area contributed by atoms with Crippen molar-refractivity contribution in [2.24, 2.45) is 0 Å². The van der Waals surface area contributed by atoms with Gasteiger partial charge in [-0.25, -0.2) is 8.42 Å². The molecule has 3 aromatic carbocycles. The van der Waals surface area contributed by atoms with Gasteiger partial charge in [0, 0.05) is 19.2 Å². The van der Waals surface area contributed by atoms with Gasteiger partial charge in [-0.2, -0.15) is 4.31 Å². The maximum atomic E-state index is 13.7. The molecule has 0 aliphatic heterocycles. The van der Waals surface area contributed by atoms with Crippen LogP contribution in [0, 0.1) is 0 Å². The molecule has 0 heterocycles. The highest BCUT2D eigenvalue weighted by Gasteiger charge is 2.26. The first-order valence-corrected chi connectivity index (χ1v) is 13.3. The van der Waals surface area contributed by atoms with Gasteiger partial charge in [0.05, 0.1) is 19.1 Å². The van der Waals surface area contributed by atoms with E-state index in [0.717, 1.165) is 48.8 Å². The number of fused-ring (bicyclic) bond motifs is 1. The van der Waals surface area contributed by atoms with Crippen LogP contribution in [0.2, 0.25) is 0 Å². The Labute approximate surface area is 204 Å². The molecule has 3 rings (SSSR count). The third kappa shape index (κ3) is 6.29. The summed E-state index contributed by atoms with van der Waals surface area (Å²) in [5.74, 6) is 0.900. The van der Waals surface area contributed by atoms with Crippen LogP contribution in [-0.2, 0) is 16.6 Å². The molecule has 0 unspecified atom stereocenters. The largest absolute Gasteiger partial charge is 0.493 e. The Balaban J connectivity index is 1.87. The highest BCUT2D eigenvalue weighted by molar-refractivity contribution is 7.89. The maximum absolute atomic E-state index is 13.7. The van der Waals surface area contributed by atoms with E-state index in [1.807, 2.05) is 24.3 Å². The number of sulfonamides is 1. The number of methoxy groups -OCH3 is 2. The molecule has 6 nitrogen and oxygen atoms in total. The van der Waals surface area contributed by atoms with Crippen molar-refractivity contribution in [3.63, 3.8) is 0 Å². The molecule has 0 amide bonds. The van der Waals surface area contributed by atoms with Crippen LogP contribution in [0.3, 0.4) is 0 Å². The van der Waals surface area contributed by atoms with Gasteiger partial charge < -0.3 is 14.4 Å². The number of rotatable bonds is 13. The summed E-state index contributed by atoms with van der Waals surface area (Å²) in [7, 11) is -0.694. The topological polar surface area (TPSA) is 59.1 Å². The van der Waals surface area contributed by atoms with Crippen molar-refractivity contribution in [1.82, 2.24) is 9.21 Å². The summed E-state index contributed by atoms with van der Waals surface area (Å²) in [5, 5.41) is 2.24. The Bertz CT molecular complexity index is 1180. The van der Waals surface area contributed by atoms with Crippen molar-refractivity contribution in [3.8, 4) is 11.5 Å². The first-order valence-electron chi connectivity index (χ1n) is 11.8. The molecule has 0 atom stereocenters. The van der Waals surface area contributed by atoms with E-state index in [9.17, 15) is 8.42 Å². The summed E-state index contributed by atoms with van der Waals surface area (Å²) < 4.78 is 39.7. The van der Waals surface area contributed by atoms with Crippen LogP contribution in [0.15, 0.2) is 65.6 Å². The predicted molar refractivity (Wildman–Crippen MR) is 138 cm³/mol. The van der Waals surface area contributed by atoms with Crippen molar-refractivity contribution < 1.29 is 17.9 Å². The molecule has 0 saturated heterocycles. The second-order valence-electron chi connectivity index (χ2n) is 8.27. The maximum Gasteiger partial charge on any atom is 0.243 e. The summed E-state index contributed by atoms with van der Waals surface area (Å²) in [6, 6.07) is 19.0. The molecule has 0 radical (unpaired) electrons. The predicted octanol–water partition coefficient (Wildman–Crippen LogP) is 5.17. The molecule has 0 aliphatic rings. The molecule has 0 N–H and O–H groups in total. The molecular formula is C27H36N2O4S. The van der Waals surface area contributed by atoms with E-state index in [1.54, 1.807) is 16.4 Å². The zero-order valence-electron chi connectivity index (χ0n) is 20.7. The minimum atomic E-state index is -3.74. The average Bonchev–Trinajstić information content (AvgIpc) is 2.87. The van der Waals surface area contributed by atoms with E-state index in [2.05, 4.69) is 36.9 Å². The van der Waals surface area contributed by atoms with Crippen LogP contribution in [0.4, 0.5) is 0 Å². The lowest BCUT2D eigenvalue weighted by Gasteiger charge is -2.24. The molecule has 7 heteroatoms. The number of hydrogen-bond donors (Lipinski definition) is 0. The molecule has 0 fully saturated rings. The Morgan fingerprint density at radius 2 is 1.44 bits per heavy atom. The number of benzene rings is 3. The lowest BCUT2D eigenvalue weighted by atomic mass is 10.1.